The van der Waals surface area contributed by atoms with Gasteiger partial charge in [-0.1, -0.05) is 64.2 Å². The molecule has 41 heavy (non-hydrogen) atoms. The number of amides is 1. The van der Waals surface area contributed by atoms with E-state index in [1.165, 1.54) is 10.8 Å². The van der Waals surface area contributed by atoms with Gasteiger partial charge in [0.1, 0.15) is 29.3 Å². The van der Waals surface area contributed by atoms with Gasteiger partial charge in [-0.25, -0.2) is 14.4 Å². The number of nitrogens with zero attached hydrogens (tertiary/aromatic N) is 5. The molecule has 0 saturated carbocycles. The van der Waals surface area contributed by atoms with Crippen molar-refractivity contribution in [1.82, 2.24) is 30.1 Å². The van der Waals surface area contributed by atoms with Gasteiger partial charge in [0.25, 0.3) is 5.56 Å². The number of hydrogen-bond donors (Lipinski definition) is 3. The average Bonchev–Trinajstić information content (AvgIpc) is 3.30. The predicted molar refractivity (Wildman–Crippen MR) is 154 cm³/mol. The standard InChI is InChI=1S/C28H45N7O6/c1-8-10-11-12-13-34(7)16-19(36)14-20(27(39)40)30-25(37)22(9-2)35-17-23(28(4,5)6)31-24(26(35)38)29-15-21-18(3)32-41-33-21/h17,20,22H,8-16H2,1-7H3,(H,29,31)(H,30,37)(H,39,40)/t20-,22+/m1/s1. The van der Waals surface area contributed by atoms with Crippen LogP contribution in [0.25, 0.3) is 0 Å². The minimum atomic E-state index is -1.42. The summed E-state index contributed by atoms with van der Waals surface area (Å²) in [6.45, 7) is 12.3. The minimum Gasteiger partial charge on any atom is -0.480 e. The van der Waals surface area contributed by atoms with E-state index in [9.17, 15) is 24.3 Å². The molecular weight excluding hydrogens is 530 g/mol. The van der Waals surface area contributed by atoms with Crippen LogP contribution in [0, 0.1) is 6.92 Å². The highest BCUT2D eigenvalue weighted by Crippen LogP contribution is 2.22. The highest BCUT2D eigenvalue weighted by Gasteiger charge is 2.30. The molecule has 13 heteroatoms. The molecule has 0 unspecified atom stereocenters. The van der Waals surface area contributed by atoms with Crippen molar-refractivity contribution in [2.45, 2.75) is 104 Å². The molecule has 2 heterocycles. The molecule has 0 aromatic carbocycles. The molecule has 0 aliphatic rings. The number of anilines is 1. The lowest BCUT2D eigenvalue weighted by atomic mass is 9.92. The number of Topliss-reactive ketones (excluding diaryl/α,β-unsaturated/α-hetero) is 1. The van der Waals surface area contributed by atoms with Gasteiger partial charge in [0.05, 0.1) is 18.8 Å². The van der Waals surface area contributed by atoms with Crippen LogP contribution in [0.15, 0.2) is 15.6 Å². The quantitative estimate of drug-likeness (QED) is 0.237. The number of ketones is 1. The summed E-state index contributed by atoms with van der Waals surface area (Å²) in [7, 11) is 1.82. The van der Waals surface area contributed by atoms with E-state index >= 15 is 0 Å². The third-order valence-electron chi connectivity index (χ3n) is 6.78. The molecule has 0 spiro atoms. The van der Waals surface area contributed by atoms with Gasteiger partial charge in [0, 0.05) is 18.0 Å². The molecule has 0 aliphatic carbocycles. The number of rotatable bonds is 17. The van der Waals surface area contributed by atoms with Gasteiger partial charge < -0.3 is 15.7 Å². The fourth-order valence-electron chi connectivity index (χ4n) is 4.25. The number of aryl methyl sites for hydroxylation is 1. The number of aromatic nitrogens is 4. The van der Waals surface area contributed by atoms with Crippen LogP contribution in [0.1, 0.15) is 96.3 Å². The number of hydrogen-bond acceptors (Lipinski definition) is 10. The molecule has 0 aliphatic heterocycles. The number of carboxylic acids is 1. The van der Waals surface area contributed by atoms with Crippen LogP contribution in [0.2, 0.25) is 0 Å². The molecule has 0 fully saturated rings. The van der Waals surface area contributed by atoms with Gasteiger partial charge in [-0.3, -0.25) is 23.9 Å². The first-order valence-electron chi connectivity index (χ1n) is 14.2. The molecular formula is C28H45N7O6. The highest BCUT2D eigenvalue weighted by atomic mass is 16.6. The first-order valence-corrected chi connectivity index (χ1v) is 14.2. The molecule has 1 amide bonds. The Hall–Kier alpha value is -3.61. The summed E-state index contributed by atoms with van der Waals surface area (Å²) in [5.41, 5.74) is 0.594. The number of carbonyl (C=O) groups excluding carboxylic acids is 2. The molecule has 0 bridgehead atoms. The second-order valence-electron chi connectivity index (χ2n) is 11.5. The van der Waals surface area contributed by atoms with Gasteiger partial charge in [0.15, 0.2) is 5.82 Å². The predicted octanol–water partition coefficient (Wildman–Crippen LogP) is 2.84. The van der Waals surface area contributed by atoms with Gasteiger partial charge in [-0.15, -0.1) is 0 Å². The van der Waals surface area contributed by atoms with E-state index in [2.05, 4.69) is 32.9 Å². The average molecular weight is 576 g/mol. The van der Waals surface area contributed by atoms with E-state index in [0.717, 1.165) is 32.2 Å². The molecule has 2 aromatic rings. The summed E-state index contributed by atoms with van der Waals surface area (Å²) in [5, 5.41) is 22.8. The molecule has 2 atom stereocenters. The topological polar surface area (TPSA) is 173 Å². The van der Waals surface area contributed by atoms with Crippen molar-refractivity contribution in [3.63, 3.8) is 0 Å². The molecule has 3 N–H and O–H groups in total. The third-order valence-corrected chi connectivity index (χ3v) is 6.78. The van der Waals surface area contributed by atoms with Crippen molar-refractivity contribution in [3.05, 3.63) is 33.6 Å². The fourth-order valence-corrected chi connectivity index (χ4v) is 4.25. The monoisotopic (exact) mass is 575 g/mol. The molecule has 2 rings (SSSR count). The number of unbranched alkanes of at least 4 members (excludes halogenated alkanes) is 3. The largest absolute Gasteiger partial charge is 0.480 e. The Morgan fingerprint density at radius 2 is 1.85 bits per heavy atom. The van der Waals surface area contributed by atoms with E-state index in [4.69, 9.17) is 4.63 Å². The summed E-state index contributed by atoms with van der Waals surface area (Å²) in [6, 6.07) is -2.45. The van der Waals surface area contributed by atoms with Gasteiger partial charge in [-0.2, -0.15) is 0 Å². The van der Waals surface area contributed by atoms with Gasteiger partial charge in [0.2, 0.25) is 5.91 Å². The summed E-state index contributed by atoms with van der Waals surface area (Å²) in [5.74, 6) is -2.26. The number of aliphatic carboxylic acids is 1. The number of carbonyl (C=O) groups is 3. The Balaban J connectivity index is 2.23. The van der Waals surface area contributed by atoms with E-state index in [0.29, 0.717) is 17.1 Å². The van der Waals surface area contributed by atoms with Crippen molar-refractivity contribution in [3.8, 4) is 0 Å². The number of carboxylic acid groups (broad SMARTS) is 1. The summed E-state index contributed by atoms with van der Waals surface area (Å²) >= 11 is 0. The maximum Gasteiger partial charge on any atom is 0.326 e. The van der Waals surface area contributed by atoms with Crippen LogP contribution in [-0.4, -0.2) is 73.7 Å². The third kappa shape index (κ3) is 10.1. The number of likely N-dealkylation sites (N-methyl/N-ethyl adjacent to an activating group) is 1. The first-order chi connectivity index (χ1) is 19.3. The van der Waals surface area contributed by atoms with Crippen LogP contribution in [0.3, 0.4) is 0 Å². The Morgan fingerprint density at radius 1 is 1.15 bits per heavy atom. The van der Waals surface area contributed by atoms with Crippen molar-refractivity contribution in [2.24, 2.45) is 0 Å². The summed E-state index contributed by atoms with van der Waals surface area (Å²) in [6.07, 6.45) is 5.64. The van der Waals surface area contributed by atoms with Crippen LogP contribution in [-0.2, 0) is 26.3 Å². The van der Waals surface area contributed by atoms with E-state index in [1.54, 1.807) is 13.8 Å². The number of nitrogens with one attached hydrogen (secondary N) is 2. The van der Waals surface area contributed by atoms with Gasteiger partial charge >= 0.3 is 5.97 Å². The first kappa shape index (κ1) is 33.6. The molecule has 13 nitrogen and oxygen atoms in total. The lowest BCUT2D eigenvalue weighted by Gasteiger charge is -2.25. The van der Waals surface area contributed by atoms with Crippen LogP contribution in [0.5, 0.6) is 0 Å². The van der Waals surface area contributed by atoms with Crippen molar-refractivity contribution in [2.75, 3.05) is 25.5 Å². The molecule has 2 aromatic heterocycles. The van der Waals surface area contributed by atoms with E-state index < -0.39 is 34.9 Å². The summed E-state index contributed by atoms with van der Waals surface area (Å²) < 4.78 is 5.98. The fraction of sp³-hybridized carbons (Fsp3) is 0.679. The molecule has 228 valence electrons. The van der Waals surface area contributed by atoms with E-state index in [1.807, 2.05) is 32.7 Å². The highest BCUT2D eigenvalue weighted by molar-refractivity contribution is 5.91. The van der Waals surface area contributed by atoms with Crippen LogP contribution in [0.4, 0.5) is 5.82 Å². The zero-order valence-corrected chi connectivity index (χ0v) is 25.3. The Labute approximate surface area is 241 Å². The lowest BCUT2D eigenvalue weighted by molar-refractivity contribution is -0.144. The van der Waals surface area contributed by atoms with Crippen LogP contribution >= 0.6 is 0 Å². The zero-order valence-electron chi connectivity index (χ0n) is 25.3. The maximum atomic E-state index is 13.5. The van der Waals surface area contributed by atoms with Gasteiger partial charge in [-0.05, 0) is 33.4 Å². The molecule has 0 saturated heterocycles. The second-order valence-corrected chi connectivity index (χ2v) is 11.5. The van der Waals surface area contributed by atoms with Crippen LogP contribution < -0.4 is 16.2 Å². The lowest BCUT2D eigenvalue weighted by Crippen LogP contribution is -2.47. The SMILES string of the molecule is CCCCCCN(C)CC(=O)C[C@@H](NC(=O)[C@H](CC)n1cc(C(C)(C)C)nc(NCc2nonc2C)c1=O)C(=O)O. The van der Waals surface area contributed by atoms with Crippen molar-refractivity contribution >= 4 is 23.5 Å². The maximum absolute atomic E-state index is 13.5. The smallest absolute Gasteiger partial charge is 0.326 e. The van der Waals surface area contributed by atoms with Crippen molar-refractivity contribution < 1.29 is 24.1 Å². The van der Waals surface area contributed by atoms with Crippen molar-refractivity contribution in [1.29, 1.82) is 0 Å². The van der Waals surface area contributed by atoms with E-state index in [-0.39, 0.29) is 37.5 Å². The second kappa shape index (κ2) is 15.4. The Bertz CT molecular complexity index is 1230. The minimum absolute atomic E-state index is 0.0120. The zero-order chi connectivity index (χ0) is 30.7. The summed E-state index contributed by atoms with van der Waals surface area (Å²) in [4.78, 5) is 57.9. The normalized spacial score (nSPS) is 13.2. The Kier molecular flexibility index (Phi) is 12.6. The molecule has 0 radical (unpaired) electrons. The Morgan fingerprint density at radius 3 is 2.41 bits per heavy atom.